The zero-order valence-corrected chi connectivity index (χ0v) is 12.7. The molecule has 1 unspecified atom stereocenters. The number of thioether (sulfide) groups is 1. The molecule has 0 saturated heterocycles. The van der Waals surface area contributed by atoms with Gasteiger partial charge in [-0.3, -0.25) is 4.79 Å². The average Bonchev–Trinajstić information content (AvgIpc) is 2.45. The first-order valence-electron chi connectivity index (χ1n) is 6.70. The SMILES string of the molecule is C=C1CSC(N)=NC1(CCC)c1cc(NC=O)ccc1F. The zero-order chi connectivity index (χ0) is 15.5. The van der Waals surface area contributed by atoms with Crippen molar-refractivity contribution < 1.29 is 9.18 Å². The van der Waals surface area contributed by atoms with Crippen molar-refractivity contribution in [2.24, 2.45) is 10.7 Å². The van der Waals surface area contributed by atoms with E-state index < -0.39 is 5.54 Å². The largest absolute Gasteiger partial charge is 0.378 e. The number of halogens is 1. The Hall–Kier alpha value is -1.82. The van der Waals surface area contributed by atoms with E-state index in [9.17, 15) is 9.18 Å². The molecule has 0 aromatic heterocycles. The minimum Gasteiger partial charge on any atom is -0.378 e. The second-order valence-electron chi connectivity index (χ2n) is 4.91. The lowest BCUT2D eigenvalue weighted by Gasteiger charge is -2.36. The Morgan fingerprint density at radius 2 is 2.38 bits per heavy atom. The highest BCUT2D eigenvalue weighted by Crippen LogP contribution is 2.44. The molecule has 0 fully saturated rings. The molecule has 3 N–H and O–H groups in total. The molecule has 0 bridgehead atoms. The van der Waals surface area contributed by atoms with Crippen LogP contribution in [0.15, 0.2) is 35.3 Å². The van der Waals surface area contributed by atoms with Crippen LogP contribution in [-0.2, 0) is 10.3 Å². The molecule has 1 aromatic rings. The molecule has 1 aromatic carbocycles. The summed E-state index contributed by atoms with van der Waals surface area (Å²) >= 11 is 1.40. The summed E-state index contributed by atoms with van der Waals surface area (Å²) in [5, 5.41) is 2.97. The smallest absolute Gasteiger partial charge is 0.211 e. The summed E-state index contributed by atoms with van der Waals surface area (Å²) in [6, 6.07) is 4.46. The number of nitrogens with two attached hydrogens (primary N) is 1. The van der Waals surface area contributed by atoms with Gasteiger partial charge in [0, 0.05) is 17.0 Å². The van der Waals surface area contributed by atoms with Crippen LogP contribution < -0.4 is 11.1 Å². The van der Waals surface area contributed by atoms with Crippen molar-refractivity contribution in [3.63, 3.8) is 0 Å². The van der Waals surface area contributed by atoms with E-state index in [-0.39, 0.29) is 5.82 Å². The first-order chi connectivity index (χ1) is 10.0. The Morgan fingerprint density at radius 3 is 3.05 bits per heavy atom. The van der Waals surface area contributed by atoms with E-state index in [4.69, 9.17) is 5.73 Å². The standard InChI is InChI=1S/C15H18FN3OS/c1-3-6-15(10(2)8-21-14(17)19-15)12-7-11(18-9-20)4-5-13(12)16/h4-5,7,9H,2-3,6,8H2,1H3,(H2,17,19)(H,18,20). The lowest BCUT2D eigenvalue weighted by Crippen LogP contribution is -2.34. The number of hydrogen-bond acceptors (Lipinski definition) is 4. The fourth-order valence-electron chi connectivity index (χ4n) is 2.56. The average molecular weight is 307 g/mol. The van der Waals surface area contributed by atoms with Crippen molar-refractivity contribution in [3.05, 3.63) is 41.7 Å². The number of nitrogens with one attached hydrogen (secondary N) is 1. The number of carbonyl (C=O) groups excluding carboxylic acids is 1. The summed E-state index contributed by atoms with van der Waals surface area (Å²) in [5.41, 5.74) is 6.77. The number of rotatable bonds is 5. The van der Waals surface area contributed by atoms with Gasteiger partial charge in [0.1, 0.15) is 11.4 Å². The molecule has 2 rings (SSSR count). The van der Waals surface area contributed by atoms with Crippen LogP contribution in [0.3, 0.4) is 0 Å². The van der Waals surface area contributed by atoms with Crippen LogP contribution in [0.1, 0.15) is 25.3 Å². The molecule has 1 aliphatic rings. The number of carbonyl (C=O) groups is 1. The fraction of sp³-hybridized carbons (Fsp3) is 0.333. The van der Waals surface area contributed by atoms with Gasteiger partial charge in [0.05, 0.1) is 0 Å². The first kappa shape index (κ1) is 15.6. The Labute approximate surface area is 127 Å². The predicted octanol–water partition coefficient (Wildman–Crippen LogP) is 3.01. The summed E-state index contributed by atoms with van der Waals surface area (Å²) < 4.78 is 14.4. The molecule has 6 heteroatoms. The molecule has 1 heterocycles. The number of amidine groups is 1. The topological polar surface area (TPSA) is 67.5 Å². The van der Waals surface area contributed by atoms with E-state index in [0.29, 0.717) is 35.0 Å². The van der Waals surface area contributed by atoms with Gasteiger partial charge in [0.25, 0.3) is 0 Å². The van der Waals surface area contributed by atoms with Gasteiger partial charge in [-0.2, -0.15) is 0 Å². The molecule has 1 atom stereocenters. The summed E-state index contributed by atoms with van der Waals surface area (Å²) in [4.78, 5) is 15.1. The van der Waals surface area contributed by atoms with Crippen molar-refractivity contribution >= 4 is 29.0 Å². The lowest BCUT2D eigenvalue weighted by molar-refractivity contribution is -0.105. The van der Waals surface area contributed by atoms with Crippen LogP contribution in [0.4, 0.5) is 10.1 Å². The van der Waals surface area contributed by atoms with Crippen LogP contribution in [0.25, 0.3) is 0 Å². The molecule has 0 aliphatic carbocycles. The maximum absolute atomic E-state index is 14.4. The number of nitrogens with zero attached hydrogens (tertiary/aromatic N) is 1. The highest BCUT2D eigenvalue weighted by Gasteiger charge is 2.39. The van der Waals surface area contributed by atoms with Crippen molar-refractivity contribution in [3.8, 4) is 0 Å². The van der Waals surface area contributed by atoms with E-state index in [1.54, 1.807) is 6.07 Å². The van der Waals surface area contributed by atoms with E-state index in [1.165, 1.54) is 23.9 Å². The zero-order valence-electron chi connectivity index (χ0n) is 11.9. The Balaban J connectivity index is 2.61. The molecular weight excluding hydrogens is 289 g/mol. The summed E-state index contributed by atoms with van der Waals surface area (Å²) in [6.07, 6.45) is 1.99. The second-order valence-corrected chi connectivity index (χ2v) is 5.90. The van der Waals surface area contributed by atoms with E-state index in [1.807, 2.05) is 6.92 Å². The predicted molar refractivity (Wildman–Crippen MR) is 85.9 cm³/mol. The minimum atomic E-state index is -0.852. The molecule has 112 valence electrons. The van der Waals surface area contributed by atoms with Crippen LogP contribution in [0, 0.1) is 5.82 Å². The molecule has 1 aliphatic heterocycles. The van der Waals surface area contributed by atoms with Gasteiger partial charge in [-0.15, -0.1) is 0 Å². The minimum absolute atomic E-state index is 0.371. The molecule has 0 spiro atoms. The molecule has 4 nitrogen and oxygen atoms in total. The Morgan fingerprint density at radius 1 is 1.62 bits per heavy atom. The van der Waals surface area contributed by atoms with Crippen LogP contribution >= 0.6 is 11.8 Å². The normalized spacial score (nSPS) is 21.8. The van der Waals surface area contributed by atoms with Gasteiger partial charge in [0.2, 0.25) is 6.41 Å². The van der Waals surface area contributed by atoms with Gasteiger partial charge < -0.3 is 11.1 Å². The van der Waals surface area contributed by atoms with Gasteiger partial charge in [-0.05, 0) is 30.2 Å². The van der Waals surface area contributed by atoms with Gasteiger partial charge in [0.15, 0.2) is 5.17 Å². The number of hydrogen-bond donors (Lipinski definition) is 2. The Kier molecular flexibility index (Phi) is 4.67. The lowest BCUT2D eigenvalue weighted by atomic mass is 9.80. The van der Waals surface area contributed by atoms with E-state index in [0.717, 1.165) is 12.0 Å². The van der Waals surface area contributed by atoms with E-state index in [2.05, 4.69) is 16.9 Å². The quantitative estimate of drug-likeness (QED) is 0.649. The van der Waals surface area contributed by atoms with Crippen molar-refractivity contribution in [1.82, 2.24) is 0 Å². The second kappa shape index (κ2) is 6.30. The molecular formula is C15H18FN3OS. The number of amides is 1. The van der Waals surface area contributed by atoms with Gasteiger partial charge >= 0.3 is 0 Å². The Bertz CT molecular complexity index is 603. The van der Waals surface area contributed by atoms with Crippen LogP contribution in [0.2, 0.25) is 0 Å². The third-order valence-corrected chi connectivity index (χ3v) is 4.41. The van der Waals surface area contributed by atoms with Crippen LogP contribution in [-0.4, -0.2) is 17.3 Å². The third kappa shape index (κ3) is 2.95. The first-order valence-corrected chi connectivity index (χ1v) is 7.68. The highest BCUT2D eigenvalue weighted by molar-refractivity contribution is 8.14. The maximum atomic E-state index is 14.4. The van der Waals surface area contributed by atoms with Crippen molar-refractivity contribution in [1.29, 1.82) is 0 Å². The summed E-state index contributed by atoms with van der Waals surface area (Å²) in [6.45, 7) is 6.08. The fourth-order valence-corrected chi connectivity index (χ4v) is 3.34. The number of benzene rings is 1. The number of anilines is 1. The summed E-state index contributed by atoms with van der Waals surface area (Å²) in [5.74, 6) is 0.240. The third-order valence-electron chi connectivity index (χ3n) is 3.53. The molecule has 21 heavy (non-hydrogen) atoms. The molecule has 1 amide bonds. The number of aliphatic imine (C=N–C) groups is 1. The van der Waals surface area contributed by atoms with Crippen molar-refractivity contribution in [2.75, 3.05) is 11.1 Å². The monoisotopic (exact) mass is 307 g/mol. The van der Waals surface area contributed by atoms with Gasteiger partial charge in [-0.25, -0.2) is 9.38 Å². The summed E-state index contributed by atoms with van der Waals surface area (Å²) in [7, 11) is 0. The van der Waals surface area contributed by atoms with Gasteiger partial charge in [-0.1, -0.05) is 31.7 Å². The molecule has 0 saturated carbocycles. The van der Waals surface area contributed by atoms with Crippen molar-refractivity contribution in [2.45, 2.75) is 25.3 Å². The van der Waals surface area contributed by atoms with E-state index >= 15 is 0 Å². The van der Waals surface area contributed by atoms with Crippen LogP contribution in [0.5, 0.6) is 0 Å². The maximum Gasteiger partial charge on any atom is 0.211 e. The highest BCUT2D eigenvalue weighted by atomic mass is 32.2. The molecule has 0 radical (unpaired) electrons.